The Morgan fingerprint density at radius 2 is 1.71 bits per heavy atom. The molecule has 3 rings (SSSR count). The fourth-order valence-corrected chi connectivity index (χ4v) is 4.18. The number of hydrogen-bond donors (Lipinski definition) is 1. The summed E-state index contributed by atoms with van der Waals surface area (Å²) in [5.74, 6) is 0.373. The lowest BCUT2D eigenvalue weighted by molar-refractivity contribution is 0.0945. The lowest BCUT2D eigenvalue weighted by Crippen LogP contribution is -2.38. The highest BCUT2D eigenvalue weighted by molar-refractivity contribution is 7.89. The van der Waals surface area contributed by atoms with Crippen LogP contribution in [0.2, 0.25) is 0 Å². The molecule has 1 fully saturated rings. The summed E-state index contributed by atoms with van der Waals surface area (Å²) in [6.45, 7) is 2.43. The lowest BCUT2D eigenvalue weighted by atomic mass is 9.96. The second kappa shape index (κ2) is 8.70. The first-order valence-corrected chi connectivity index (χ1v) is 10.8. The van der Waals surface area contributed by atoms with Crippen molar-refractivity contribution < 1.29 is 13.2 Å². The second-order valence-corrected chi connectivity index (χ2v) is 9.31. The smallest absolute Gasteiger partial charge is 0.251 e. The van der Waals surface area contributed by atoms with E-state index < -0.39 is 10.0 Å². The van der Waals surface area contributed by atoms with Gasteiger partial charge >= 0.3 is 0 Å². The van der Waals surface area contributed by atoms with Crippen LogP contribution in [-0.2, 0) is 10.0 Å². The van der Waals surface area contributed by atoms with Gasteiger partial charge in [-0.1, -0.05) is 0 Å². The molecule has 1 aliphatic rings. The largest absolute Gasteiger partial charge is 0.372 e. The Kier molecular flexibility index (Phi) is 6.31. The van der Waals surface area contributed by atoms with Crippen molar-refractivity contribution in [1.82, 2.24) is 14.6 Å². The van der Waals surface area contributed by atoms with Gasteiger partial charge in [-0.2, -0.15) is 0 Å². The predicted octanol–water partition coefficient (Wildman–Crippen LogP) is 1.98. The SMILES string of the molecule is CN(C)S(=O)(=O)c1ccc(N2CCC(CNC(=O)c3ccncc3)CC2)cc1. The number of amides is 1. The number of aromatic nitrogens is 1. The molecule has 1 aromatic heterocycles. The van der Waals surface area contributed by atoms with Gasteiger partial charge in [-0.3, -0.25) is 9.78 Å². The molecule has 1 aromatic carbocycles. The number of nitrogens with one attached hydrogen (secondary N) is 1. The molecule has 150 valence electrons. The van der Waals surface area contributed by atoms with Crippen molar-refractivity contribution in [3.8, 4) is 0 Å². The Balaban J connectivity index is 1.51. The van der Waals surface area contributed by atoms with Crippen molar-refractivity contribution in [2.75, 3.05) is 38.6 Å². The van der Waals surface area contributed by atoms with Crippen LogP contribution in [0, 0.1) is 5.92 Å². The standard InChI is InChI=1S/C20H26N4O3S/c1-23(2)28(26,27)19-5-3-18(4-6-19)24-13-9-16(10-14-24)15-22-20(25)17-7-11-21-12-8-17/h3-8,11-12,16H,9-10,13-15H2,1-2H3,(H,22,25). The van der Waals surface area contributed by atoms with Crippen molar-refractivity contribution >= 4 is 21.6 Å². The predicted molar refractivity (Wildman–Crippen MR) is 109 cm³/mol. The summed E-state index contributed by atoms with van der Waals surface area (Å²) in [4.78, 5) is 18.6. The Morgan fingerprint density at radius 3 is 2.29 bits per heavy atom. The molecule has 0 unspecified atom stereocenters. The minimum absolute atomic E-state index is 0.0671. The first-order chi connectivity index (χ1) is 13.4. The van der Waals surface area contributed by atoms with Gasteiger partial charge in [-0.25, -0.2) is 12.7 Å². The molecule has 0 radical (unpaired) electrons. The van der Waals surface area contributed by atoms with E-state index in [9.17, 15) is 13.2 Å². The third-order valence-electron chi connectivity index (χ3n) is 5.09. The van der Waals surface area contributed by atoms with Crippen LogP contribution in [0.5, 0.6) is 0 Å². The highest BCUT2D eigenvalue weighted by Gasteiger charge is 2.21. The average molecular weight is 403 g/mol. The van der Waals surface area contributed by atoms with Crippen molar-refractivity contribution in [2.45, 2.75) is 17.7 Å². The van der Waals surface area contributed by atoms with Crippen molar-refractivity contribution in [2.24, 2.45) is 5.92 Å². The van der Waals surface area contributed by atoms with E-state index in [2.05, 4.69) is 15.2 Å². The quantitative estimate of drug-likeness (QED) is 0.799. The van der Waals surface area contributed by atoms with E-state index in [0.717, 1.165) is 31.6 Å². The summed E-state index contributed by atoms with van der Waals surface area (Å²) in [7, 11) is -0.342. The van der Waals surface area contributed by atoms with Gasteiger partial charge in [0.25, 0.3) is 5.91 Å². The fourth-order valence-electron chi connectivity index (χ4n) is 3.28. The van der Waals surface area contributed by atoms with E-state index in [0.29, 0.717) is 22.9 Å². The molecule has 28 heavy (non-hydrogen) atoms. The first kappa shape index (κ1) is 20.3. The minimum Gasteiger partial charge on any atom is -0.372 e. The lowest BCUT2D eigenvalue weighted by Gasteiger charge is -2.33. The van der Waals surface area contributed by atoms with Gasteiger partial charge in [-0.05, 0) is 55.2 Å². The van der Waals surface area contributed by atoms with Gasteiger partial charge in [0.05, 0.1) is 4.90 Å². The average Bonchev–Trinajstić information content (AvgIpc) is 2.73. The van der Waals surface area contributed by atoms with Gasteiger partial charge in [0, 0.05) is 57.4 Å². The maximum absolute atomic E-state index is 12.2. The van der Waals surface area contributed by atoms with Crippen LogP contribution >= 0.6 is 0 Å². The fraction of sp³-hybridized carbons (Fsp3) is 0.400. The summed E-state index contributed by atoms with van der Waals surface area (Å²) < 4.78 is 25.5. The van der Waals surface area contributed by atoms with Crippen LogP contribution in [0.3, 0.4) is 0 Å². The van der Waals surface area contributed by atoms with Crippen molar-refractivity contribution in [3.05, 3.63) is 54.4 Å². The number of sulfonamides is 1. The van der Waals surface area contributed by atoms with Crippen LogP contribution < -0.4 is 10.2 Å². The van der Waals surface area contributed by atoms with Crippen LogP contribution in [-0.4, -0.2) is 57.3 Å². The highest BCUT2D eigenvalue weighted by Crippen LogP contribution is 2.25. The third kappa shape index (κ3) is 4.69. The van der Waals surface area contributed by atoms with E-state index in [4.69, 9.17) is 0 Å². The molecule has 0 aliphatic carbocycles. The Hall–Kier alpha value is -2.45. The molecule has 0 atom stereocenters. The highest BCUT2D eigenvalue weighted by atomic mass is 32.2. The van der Waals surface area contributed by atoms with Gasteiger partial charge in [0.2, 0.25) is 10.0 Å². The molecule has 1 saturated heterocycles. The summed E-state index contributed by atoms with van der Waals surface area (Å²) >= 11 is 0. The number of carbonyl (C=O) groups excluding carboxylic acids is 1. The first-order valence-electron chi connectivity index (χ1n) is 9.33. The molecular formula is C20H26N4O3S. The number of pyridine rings is 1. The second-order valence-electron chi connectivity index (χ2n) is 7.16. The summed E-state index contributed by atoms with van der Waals surface area (Å²) in [6, 6.07) is 10.5. The van der Waals surface area contributed by atoms with Gasteiger partial charge < -0.3 is 10.2 Å². The van der Waals surface area contributed by atoms with Gasteiger partial charge in [0.1, 0.15) is 0 Å². The Labute approximate surface area is 166 Å². The normalized spacial score (nSPS) is 15.6. The maximum atomic E-state index is 12.2. The molecule has 2 aromatic rings. The molecular weight excluding hydrogens is 376 g/mol. The molecule has 0 saturated carbocycles. The molecule has 7 nitrogen and oxygen atoms in total. The number of piperidine rings is 1. The third-order valence-corrected chi connectivity index (χ3v) is 6.92. The van der Waals surface area contributed by atoms with E-state index in [1.165, 1.54) is 18.4 Å². The molecule has 1 aliphatic heterocycles. The molecule has 1 N–H and O–H groups in total. The van der Waals surface area contributed by atoms with Gasteiger partial charge in [0.15, 0.2) is 0 Å². The number of benzene rings is 1. The minimum atomic E-state index is -3.40. The Bertz CT molecular complexity index is 891. The molecule has 0 bridgehead atoms. The zero-order valence-electron chi connectivity index (χ0n) is 16.2. The molecule has 2 heterocycles. The summed E-state index contributed by atoms with van der Waals surface area (Å²) in [6.07, 6.45) is 5.19. The number of hydrogen-bond acceptors (Lipinski definition) is 5. The molecule has 0 spiro atoms. The van der Waals surface area contributed by atoms with Crippen LogP contribution in [0.15, 0.2) is 53.7 Å². The van der Waals surface area contributed by atoms with E-state index in [-0.39, 0.29) is 5.91 Å². The monoisotopic (exact) mass is 402 g/mol. The van der Waals surface area contributed by atoms with Crippen LogP contribution in [0.4, 0.5) is 5.69 Å². The zero-order chi connectivity index (χ0) is 20.1. The van der Waals surface area contributed by atoms with Crippen LogP contribution in [0.25, 0.3) is 0 Å². The van der Waals surface area contributed by atoms with Gasteiger partial charge in [-0.15, -0.1) is 0 Å². The topological polar surface area (TPSA) is 82.6 Å². The zero-order valence-corrected chi connectivity index (χ0v) is 17.0. The number of anilines is 1. The maximum Gasteiger partial charge on any atom is 0.251 e. The summed E-state index contributed by atoms with van der Waals surface area (Å²) in [5, 5.41) is 3.00. The number of rotatable bonds is 6. The molecule has 8 heteroatoms. The van der Waals surface area contributed by atoms with Crippen molar-refractivity contribution in [1.29, 1.82) is 0 Å². The summed E-state index contributed by atoms with van der Waals surface area (Å²) in [5.41, 5.74) is 1.65. The van der Waals surface area contributed by atoms with Crippen molar-refractivity contribution in [3.63, 3.8) is 0 Å². The van der Waals surface area contributed by atoms with Crippen LogP contribution in [0.1, 0.15) is 23.2 Å². The number of carbonyl (C=O) groups is 1. The van der Waals surface area contributed by atoms with E-state index in [1.807, 2.05) is 12.1 Å². The van der Waals surface area contributed by atoms with E-state index >= 15 is 0 Å². The number of nitrogens with zero attached hydrogens (tertiary/aromatic N) is 3. The molecule has 1 amide bonds. The Morgan fingerprint density at radius 1 is 1.11 bits per heavy atom. The van der Waals surface area contributed by atoms with E-state index in [1.54, 1.807) is 36.7 Å².